The van der Waals surface area contributed by atoms with Crippen LogP contribution in [0.1, 0.15) is 26.7 Å². The first-order valence-corrected chi connectivity index (χ1v) is 7.61. The maximum absolute atomic E-state index is 11.4. The number of amides is 2. The highest BCUT2D eigenvalue weighted by Gasteiger charge is 2.27. The van der Waals surface area contributed by atoms with Crippen LogP contribution in [0.5, 0.6) is 0 Å². The van der Waals surface area contributed by atoms with Crippen LogP contribution in [0.4, 0.5) is 9.59 Å². The van der Waals surface area contributed by atoms with E-state index in [1.807, 2.05) is 0 Å². The normalized spacial score (nSPS) is 11.8. The molecule has 0 saturated carbocycles. The molecule has 0 fully saturated rings. The lowest BCUT2D eigenvalue weighted by atomic mass is 10.1. The van der Waals surface area contributed by atoms with E-state index in [9.17, 15) is 9.59 Å². The second kappa shape index (κ2) is 11.0. The number of carbonyl (C=O) groups excluding carboxylic acids is 2. The van der Waals surface area contributed by atoms with Gasteiger partial charge in [0.25, 0.3) is 0 Å². The summed E-state index contributed by atoms with van der Waals surface area (Å²) in [5, 5.41) is 40.9. The van der Waals surface area contributed by atoms with Gasteiger partial charge in [-0.25, -0.2) is 9.59 Å². The molecule has 0 aromatic carbocycles. The average molecular weight is 352 g/mol. The summed E-state index contributed by atoms with van der Waals surface area (Å²) in [6.07, 6.45) is -0.423. The Hall–Kier alpha value is -1.62. The first-order valence-electron chi connectivity index (χ1n) is 7.61. The molecule has 24 heavy (non-hydrogen) atoms. The first kappa shape index (κ1) is 22.4. The van der Waals surface area contributed by atoms with Gasteiger partial charge >= 0.3 is 12.2 Å². The van der Waals surface area contributed by atoms with Crippen LogP contribution >= 0.6 is 0 Å². The maximum atomic E-state index is 11.4. The summed E-state index contributed by atoms with van der Waals surface area (Å²) in [4.78, 5) is 22.9. The Kier molecular flexibility index (Phi) is 10.3. The molecule has 0 aromatic heterocycles. The van der Waals surface area contributed by atoms with Crippen molar-refractivity contribution in [1.29, 1.82) is 0 Å². The zero-order chi connectivity index (χ0) is 18.6. The van der Waals surface area contributed by atoms with Gasteiger partial charge < -0.3 is 40.5 Å². The van der Waals surface area contributed by atoms with E-state index in [0.717, 1.165) is 0 Å². The summed E-state index contributed by atoms with van der Waals surface area (Å²) in [5.74, 6) is 0. The number of nitrogens with one attached hydrogen (secondary N) is 2. The van der Waals surface area contributed by atoms with E-state index in [0.29, 0.717) is 12.8 Å². The standard InChI is InChI=1S/C14H28N2O8/c1-13(7-17,8-18)23-11(21)15-5-3-4-6-16-12(22)24-14(2,9-19)10-20/h17-20H,3-10H2,1-2H3,(H,15,21)(H,16,22). The highest BCUT2D eigenvalue weighted by Crippen LogP contribution is 2.09. The van der Waals surface area contributed by atoms with Crippen LogP contribution in [-0.2, 0) is 9.47 Å². The zero-order valence-corrected chi connectivity index (χ0v) is 14.1. The summed E-state index contributed by atoms with van der Waals surface area (Å²) in [7, 11) is 0. The number of aliphatic hydroxyl groups is 4. The van der Waals surface area contributed by atoms with Crippen molar-refractivity contribution in [2.45, 2.75) is 37.9 Å². The van der Waals surface area contributed by atoms with E-state index in [1.54, 1.807) is 0 Å². The molecule has 10 heteroatoms. The summed E-state index contributed by atoms with van der Waals surface area (Å²) in [5.41, 5.74) is -2.66. The lowest BCUT2D eigenvalue weighted by Crippen LogP contribution is -2.43. The Morgan fingerprint density at radius 1 is 0.750 bits per heavy atom. The molecular weight excluding hydrogens is 324 g/mol. The molecule has 0 unspecified atom stereocenters. The molecule has 0 rings (SSSR count). The molecule has 6 N–H and O–H groups in total. The quantitative estimate of drug-likeness (QED) is 0.251. The van der Waals surface area contributed by atoms with Crippen molar-refractivity contribution in [3.63, 3.8) is 0 Å². The summed E-state index contributed by atoms with van der Waals surface area (Å²) in [6.45, 7) is 1.38. The van der Waals surface area contributed by atoms with Crippen LogP contribution in [0, 0.1) is 0 Å². The molecule has 0 aliphatic carbocycles. The molecule has 2 amide bonds. The van der Waals surface area contributed by atoms with Gasteiger partial charge in [0, 0.05) is 13.1 Å². The SMILES string of the molecule is CC(CO)(CO)OC(=O)NCCCCNC(=O)OC(C)(CO)CO. The minimum Gasteiger partial charge on any atom is -0.438 e. The van der Waals surface area contributed by atoms with Crippen LogP contribution in [0.2, 0.25) is 0 Å². The molecule has 0 spiro atoms. The van der Waals surface area contributed by atoms with Crippen molar-refractivity contribution >= 4 is 12.2 Å². The minimum absolute atomic E-state index is 0.285. The highest BCUT2D eigenvalue weighted by atomic mass is 16.6. The van der Waals surface area contributed by atoms with Gasteiger partial charge in [-0.2, -0.15) is 0 Å². The summed E-state index contributed by atoms with van der Waals surface area (Å²) >= 11 is 0. The van der Waals surface area contributed by atoms with Gasteiger partial charge in [-0.3, -0.25) is 0 Å². The smallest absolute Gasteiger partial charge is 0.407 e. The van der Waals surface area contributed by atoms with Crippen LogP contribution < -0.4 is 10.6 Å². The van der Waals surface area contributed by atoms with Crippen molar-refractivity contribution in [1.82, 2.24) is 10.6 Å². The molecule has 0 saturated heterocycles. The third kappa shape index (κ3) is 8.87. The highest BCUT2D eigenvalue weighted by molar-refractivity contribution is 5.68. The molecule has 0 radical (unpaired) electrons. The van der Waals surface area contributed by atoms with Gasteiger partial charge in [0.1, 0.15) is 0 Å². The predicted molar refractivity (Wildman–Crippen MR) is 83.4 cm³/mol. The Morgan fingerprint density at radius 2 is 1.04 bits per heavy atom. The summed E-state index contributed by atoms with van der Waals surface area (Å²) < 4.78 is 9.75. The van der Waals surface area contributed by atoms with E-state index in [4.69, 9.17) is 29.9 Å². The Morgan fingerprint density at radius 3 is 1.29 bits per heavy atom. The van der Waals surface area contributed by atoms with Gasteiger partial charge in [-0.05, 0) is 26.7 Å². The van der Waals surface area contributed by atoms with E-state index < -0.39 is 49.8 Å². The molecule has 0 heterocycles. The van der Waals surface area contributed by atoms with E-state index in [-0.39, 0.29) is 13.1 Å². The molecule has 0 atom stereocenters. The molecule has 0 aromatic rings. The molecule has 0 bridgehead atoms. The fourth-order valence-electron chi connectivity index (χ4n) is 1.38. The van der Waals surface area contributed by atoms with Crippen molar-refractivity contribution < 1.29 is 39.5 Å². The third-order valence-corrected chi connectivity index (χ3v) is 3.16. The Labute approximate surface area is 140 Å². The maximum Gasteiger partial charge on any atom is 0.407 e. The van der Waals surface area contributed by atoms with Crippen molar-refractivity contribution in [3.8, 4) is 0 Å². The number of hydrogen-bond acceptors (Lipinski definition) is 8. The summed E-state index contributed by atoms with van der Waals surface area (Å²) in [6, 6.07) is 0. The molecule has 10 nitrogen and oxygen atoms in total. The topological polar surface area (TPSA) is 158 Å². The van der Waals surface area contributed by atoms with E-state index in [1.165, 1.54) is 13.8 Å². The number of ether oxygens (including phenoxy) is 2. The van der Waals surface area contributed by atoms with Gasteiger partial charge in [0.15, 0.2) is 11.2 Å². The number of aliphatic hydroxyl groups excluding tert-OH is 4. The van der Waals surface area contributed by atoms with Gasteiger partial charge in [0.05, 0.1) is 26.4 Å². The lowest BCUT2D eigenvalue weighted by molar-refractivity contribution is -0.0517. The van der Waals surface area contributed by atoms with E-state index in [2.05, 4.69) is 10.6 Å². The van der Waals surface area contributed by atoms with Crippen LogP contribution in [0.25, 0.3) is 0 Å². The monoisotopic (exact) mass is 352 g/mol. The van der Waals surface area contributed by atoms with Crippen molar-refractivity contribution in [2.24, 2.45) is 0 Å². The van der Waals surface area contributed by atoms with E-state index >= 15 is 0 Å². The number of hydrogen-bond donors (Lipinski definition) is 6. The van der Waals surface area contributed by atoms with Gasteiger partial charge in [-0.15, -0.1) is 0 Å². The first-order chi connectivity index (χ1) is 11.2. The van der Waals surface area contributed by atoms with Gasteiger partial charge in [-0.1, -0.05) is 0 Å². The Balaban J connectivity index is 3.81. The van der Waals surface area contributed by atoms with Crippen LogP contribution in [0.15, 0.2) is 0 Å². The number of carbonyl (C=O) groups is 2. The average Bonchev–Trinajstić information content (AvgIpc) is 2.57. The fourth-order valence-corrected chi connectivity index (χ4v) is 1.38. The van der Waals surface area contributed by atoms with Crippen molar-refractivity contribution in [2.75, 3.05) is 39.5 Å². The van der Waals surface area contributed by atoms with Crippen molar-refractivity contribution in [3.05, 3.63) is 0 Å². The van der Waals surface area contributed by atoms with Crippen LogP contribution in [0.3, 0.4) is 0 Å². The largest absolute Gasteiger partial charge is 0.438 e. The predicted octanol–water partition coefficient (Wildman–Crippen LogP) is -1.29. The second-order valence-corrected chi connectivity index (χ2v) is 5.87. The Bertz CT molecular complexity index is 347. The molecule has 0 aliphatic heterocycles. The minimum atomic E-state index is -1.33. The van der Waals surface area contributed by atoms with Gasteiger partial charge in [0.2, 0.25) is 0 Å². The third-order valence-electron chi connectivity index (χ3n) is 3.16. The number of alkyl carbamates (subject to hydrolysis) is 2. The lowest BCUT2D eigenvalue weighted by Gasteiger charge is -2.25. The number of rotatable bonds is 11. The molecular formula is C14H28N2O8. The fraction of sp³-hybridized carbons (Fsp3) is 0.857. The molecule has 0 aliphatic rings. The number of unbranched alkanes of at least 4 members (excludes halogenated alkanes) is 1. The molecule has 142 valence electrons. The second-order valence-electron chi connectivity index (χ2n) is 5.87. The van der Waals surface area contributed by atoms with Crippen LogP contribution in [-0.4, -0.2) is 83.3 Å². The zero-order valence-electron chi connectivity index (χ0n) is 14.1.